The zero-order valence-electron chi connectivity index (χ0n) is 11.2. The first-order valence-corrected chi connectivity index (χ1v) is 9.20. The highest BCUT2D eigenvalue weighted by Crippen LogP contribution is 2.48. The van der Waals surface area contributed by atoms with Gasteiger partial charge in [-0.3, -0.25) is 0 Å². The van der Waals surface area contributed by atoms with Crippen LogP contribution in [0.1, 0.15) is 46.5 Å². The maximum atomic E-state index is 6.21. The minimum atomic E-state index is -1.44. The Labute approximate surface area is 113 Å². The van der Waals surface area contributed by atoms with Crippen molar-refractivity contribution in [2.45, 2.75) is 69.8 Å². The summed E-state index contributed by atoms with van der Waals surface area (Å²) in [7, 11) is -1.44. The fraction of sp³-hybridized carbons (Fsp3) is 0.923. The molecule has 1 aliphatic heterocycles. The molecule has 1 fully saturated rings. The lowest BCUT2D eigenvalue weighted by molar-refractivity contribution is -0.0268. The fourth-order valence-corrected chi connectivity index (χ4v) is 5.79. The normalized spacial score (nSPS) is 27.4. The van der Waals surface area contributed by atoms with E-state index in [0.717, 1.165) is 13.0 Å². The van der Waals surface area contributed by atoms with Crippen LogP contribution in [0.4, 0.5) is 0 Å². The molecule has 95 valence electrons. The largest absolute Gasteiger partial charge is 0.378 e. The summed E-state index contributed by atoms with van der Waals surface area (Å²) in [5.41, 5.74) is 0. The highest BCUT2D eigenvalue weighted by molar-refractivity contribution is 6.82. The van der Waals surface area contributed by atoms with Crippen LogP contribution >= 0.6 is 0 Å². The van der Waals surface area contributed by atoms with Gasteiger partial charge >= 0.3 is 0 Å². The van der Waals surface area contributed by atoms with E-state index in [1.165, 1.54) is 19.3 Å². The highest BCUT2D eigenvalue weighted by atomic mass is 28.3. The second-order valence-corrected chi connectivity index (χ2v) is 12.1. The van der Waals surface area contributed by atoms with Crippen LogP contribution in [0.25, 0.3) is 0 Å². The van der Waals surface area contributed by atoms with Crippen molar-refractivity contribution in [2.24, 2.45) is 0 Å². The minimum absolute atomic E-state index is 0. The van der Waals surface area contributed by atoms with Crippen LogP contribution in [-0.4, -0.2) is 37.3 Å². The lowest BCUT2D eigenvalue weighted by Gasteiger charge is -2.53. The van der Waals surface area contributed by atoms with Crippen molar-refractivity contribution >= 4 is 25.4 Å². The van der Waals surface area contributed by atoms with Gasteiger partial charge in [0.2, 0.25) is 0 Å². The van der Waals surface area contributed by atoms with Crippen LogP contribution in [0.2, 0.25) is 18.1 Å². The van der Waals surface area contributed by atoms with Crippen LogP contribution in [0.15, 0.2) is 0 Å². The van der Waals surface area contributed by atoms with Gasteiger partial charge in [-0.2, -0.15) is 0 Å². The van der Waals surface area contributed by atoms with Gasteiger partial charge in [0.25, 0.3) is 0 Å². The van der Waals surface area contributed by atoms with E-state index in [2.05, 4.69) is 40.8 Å². The van der Waals surface area contributed by atoms with Gasteiger partial charge in [0.05, 0.1) is 13.3 Å². The second kappa shape index (κ2) is 5.57. The molecule has 0 N–H and O–H groups in total. The first-order chi connectivity index (χ1) is 6.77. The topological polar surface area (TPSA) is 9.23 Å². The lowest BCUT2D eigenvalue weighted by atomic mass is 10.1. The average Bonchev–Trinajstić information content (AvgIpc) is 2.17. The molecule has 1 aliphatic rings. The third kappa shape index (κ3) is 2.75. The third-order valence-electron chi connectivity index (χ3n) is 4.77. The van der Waals surface area contributed by atoms with Crippen molar-refractivity contribution in [3.8, 4) is 0 Å². The standard InChI is InChI=1S/C13H27OSi.Al.3H/c1-7-13(10-8-9-11-14-13)15(5,6)12(2,3)4;;;;/h1,7-11H2,2-6H3;;;;. The van der Waals surface area contributed by atoms with Crippen LogP contribution in [-0.2, 0) is 4.74 Å². The smallest absolute Gasteiger partial charge is 0.187 e. The molecule has 3 heteroatoms. The molecule has 0 saturated carbocycles. The van der Waals surface area contributed by atoms with E-state index in [1.54, 1.807) is 0 Å². The van der Waals surface area contributed by atoms with Gasteiger partial charge in [0, 0.05) is 6.61 Å². The molecule has 1 rings (SSSR count). The molecule has 16 heavy (non-hydrogen) atoms. The Balaban J connectivity index is 0.00000225. The molecule has 0 amide bonds. The Bertz CT molecular complexity index is 214. The van der Waals surface area contributed by atoms with E-state index in [0.29, 0.717) is 5.04 Å². The first kappa shape index (κ1) is 16.7. The maximum Gasteiger partial charge on any atom is 0.187 e. The number of ether oxygens (including phenoxy) is 1. The Morgan fingerprint density at radius 3 is 2.12 bits per heavy atom. The van der Waals surface area contributed by atoms with Crippen LogP contribution in [0, 0.1) is 6.92 Å². The van der Waals surface area contributed by atoms with Crippen LogP contribution < -0.4 is 0 Å². The van der Waals surface area contributed by atoms with Crippen molar-refractivity contribution in [2.75, 3.05) is 6.61 Å². The lowest BCUT2D eigenvalue weighted by Crippen LogP contribution is -2.62. The van der Waals surface area contributed by atoms with Crippen molar-refractivity contribution in [3.05, 3.63) is 6.92 Å². The molecule has 1 atom stereocenters. The van der Waals surface area contributed by atoms with Gasteiger partial charge in [-0.1, -0.05) is 40.8 Å². The van der Waals surface area contributed by atoms with E-state index >= 15 is 0 Å². The Morgan fingerprint density at radius 2 is 1.81 bits per heavy atom. The second-order valence-electron chi connectivity index (χ2n) is 6.42. The SMILES string of the molecule is [AlH3].[CH2]CC1([Si](C)(C)C(C)(C)C)CCCCO1. The summed E-state index contributed by atoms with van der Waals surface area (Å²) in [6, 6.07) is 0. The molecule has 1 radical (unpaired) electrons. The summed E-state index contributed by atoms with van der Waals surface area (Å²) in [4.78, 5) is 0. The summed E-state index contributed by atoms with van der Waals surface area (Å²) in [5.74, 6) is 0. The van der Waals surface area contributed by atoms with Crippen molar-refractivity contribution in [1.82, 2.24) is 0 Å². The Hall–Kier alpha value is 0.709. The van der Waals surface area contributed by atoms with Gasteiger partial charge in [0.15, 0.2) is 17.4 Å². The van der Waals surface area contributed by atoms with E-state index in [-0.39, 0.29) is 22.6 Å². The molecule has 0 bridgehead atoms. The number of rotatable bonds is 2. The fourth-order valence-electron chi connectivity index (χ4n) is 2.54. The molecule has 1 nitrogen and oxygen atoms in total. The quantitative estimate of drug-likeness (QED) is 0.691. The number of hydrogen-bond donors (Lipinski definition) is 0. The van der Waals surface area contributed by atoms with Crippen molar-refractivity contribution in [3.63, 3.8) is 0 Å². The highest BCUT2D eigenvalue weighted by Gasteiger charge is 2.53. The first-order valence-electron chi connectivity index (χ1n) is 6.20. The van der Waals surface area contributed by atoms with E-state index in [4.69, 9.17) is 4.74 Å². The van der Waals surface area contributed by atoms with Gasteiger partial charge in [0.1, 0.15) is 0 Å². The summed E-state index contributed by atoms with van der Waals surface area (Å²) >= 11 is 0. The Morgan fingerprint density at radius 1 is 1.25 bits per heavy atom. The van der Waals surface area contributed by atoms with Crippen molar-refractivity contribution < 1.29 is 4.74 Å². The van der Waals surface area contributed by atoms with E-state index in [1.807, 2.05) is 0 Å². The molecular formula is C13H30AlOSi. The van der Waals surface area contributed by atoms with Gasteiger partial charge in [-0.25, -0.2) is 0 Å². The predicted octanol–water partition coefficient (Wildman–Crippen LogP) is 3.01. The summed E-state index contributed by atoms with van der Waals surface area (Å²) in [5, 5.41) is 0.519. The zero-order chi connectivity index (χ0) is 11.7. The zero-order valence-corrected chi connectivity index (χ0v) is 12.2. The summed E-state index contributed by atoms with van der Waals surface area (Å²) in [6.07, 6.45) is 4.73. The van der Waals surface area contributed by atoms with Gasteiger partial charge in [-0.15, -0.1) is 0 Å². The number of hydrogen-bond acceptors (Lipinski definition) is 1. The van der Waals surface area contributed by atoms with Gasteiger partial charge < -0.3 is 4.74 Å². The molecule has 1 heterocycles. The monoisotopic (exact) mass is 257 g/mol. The minimum Gasteiger partial charge on any atom is -0.378 e. The molecule has 0 aromatic rings. The predicted molar refractivity (Wildman–Crippen MR) is 79.6 cm³/mol. The molecule has 0 aliphatic carbocycles. The third-order valence-corrected chi connectivity index (χ3v) is 11.4. The molecule has 0 aromatic carbocycles. The van der Waals surface area contributed by atoms with Crippen LogP contribution in [0.5, 0.6) is 0 Å². The van der Waals surface area contributed by atoms with E-state index in [9.17, 15) is 0 Å². The summed E-state index contributed by atoms with van der Waals surface area (Å²) < 4.78 is 6.21. The molecule has 0 spiro atoms. The average molecular weight is 257 g/mol. The van der Waals surface area contributed by atoms with E-state index < -0.39 is 8.07 Å². The van der Waals surface area contributed by atoms with Crippen molar-refractivity contribution in [1.29, 1.82) is 0 Å². The molecular weight excluding hydrogens is 227 g/mol. The molecule has 1 saturated heterocycles. The maximum absolute atomic E-state index is 6.21. The summed E-state index contributed by atoms with van der Waals surface area (Å²) in [6.45, 7) is 17.2. The Kier molecular flexibility index (Phi) is 5.81. The van der Waals surface area contributed by atoms with Gasteiger partial charge in [-0.05, 0) is 30.7 Å². The molecule has 0 aromatic heterocycles. The molecule has 1 unspecified atom stereocenters. The van der Waals surface area contributed by atoms with Crippen LogP contribution in [0.3, 0.4) is 0 Å².